The van der Waals surface area contributed by atoms with E-state index in [1.54, 1.807) is 20.0 Å². The summed E-state index contributed by atoms with van der Waals surface area (Å²) < 4.78 is 0. The minimum absolute atomic E-state index is 0.108. The van der Waals surface area contributed by atoms with Gasteiger partial charge in [-0.25, -0.2) is 9.97 Å². The number of carbonyl (C=O) groups excluding carboxylic acids is 1. The molecule has 1 amide bonds. The van der Waals surface area contributed by atoms with Crippen LogP contribution in [0.3, 0.4) is 0 Å². The number of nitrogens with one attached hydrogen (secondary N) is 2. The summed E-state index contributed by atoms with van der Waals surface area (Å²) in [4.78, 5) is 19.5. The molecular weight excluding hydrogens is 226 g/mol. The molecule has 0 spiro atoms. The lowest BCUT2D eigenvalue weighted by Gasteiger charge is -2.13. The molecule has 0 saturated carbocycles. The van der Waals surface area contributed by atoms with Crippen LogP contribution in [0.5, 0.6) is 0 Å². The molecule has 0 aliphatic rings. The molecular formula is C9H15N5OS. The van der Waals surface area contributed by atoms with Crippen LogP contribution in [0.25, 0.3) is 0 Å². The minimum Gasteiger partial charge on any atom is -0.383 e. The van der Waals surface area contributed by atoms with Crippen LogP contribution in [-0.2, 0) is 4.79 Å². The van der Waals surface area contributed by atoms with Crippen LogP contribution in [0.4, 0.5) is 11.6 Å². The van der Waals surface area contributed by atoms with E-state index < -0.39 is 0 Å². The monoisotopic (exact) mass is 241 g/mol. The second-order valence-corrected chi connectivity index (χ2v) is 3.92. The number of aromatic nitrogens is 2. The summed E-state index contributed by atoms with van der Waals surface area (Å²) in [6.07, 6.45) is 1.86. The summed E-state index contributed by atoms with van der Waals surface area (Å²) in [5, 5.41) is 6.07. The Morgan fingerprint density at radius 1 is 1.56 bits per heavy atom. The number of thioether (sulfide) groups is 1. The number of hydrogen-bond donors (Lipinski definition) is 3. The Hall–Kier alpha value is -1.50. The first-order valence-electron chi connectivity index (χ1n) is 4.73. The molecule has 0 radical (unpaired) electrons. The molecule has 1 unspecified atom stereocenters. The lowest BCUT2D eigenvalue weighted by atomic mass is 10.3. The number of likely N-dealkylation sites (N-methyl/N-ethyl adjacent to an activating group) is 1. The predicted octanol–water partition coefficient (Wildman–Crippen LogP) is 0.327. The van der Waals surface area contributed by atoms with E-state index in [2.05, 4.69) is 20.6 Å². The predicted molar refractivity (Wildman–Crippen MR) is 65.4 cm³/mol. The van der Waals surface area contributed by atoms with Gasteiger partial charge in [-0.1, -0.05) is 11.8 Å². The molecule has 1 aromatic rings. The largest absolute Gasteiger partial charge is 0.383 e. The van der Waals surface area contributed by atoms with Crippen molar-refractivity contribution >= 4 is 29.3 Å². The summed E-state index contributed by atoms with van der Waals surface area (Å²) in [7, 11) is 1.59. The van der Waals surface area contributed by atoms with Crippen LogP contribution >= 0.6 is 11.8 Å². The van der Waals surface area contributed by atoms with Gasteiger partial charge in [0.15, 0.2) is 5.16 Å². The molecule has 0 aliphatic heterocycles. The van der Waals surface area contributed by atoms with Gasteiger partial charge in [0, 0.05) is 13.1 Å². The molecule has 0 aliphatic carbocycles. The standard InChI is InChI=1S/C9H15N5OS/c1-5(8(15)11-2)12-7-4-6(10)13-9(14-7)16-3/h4-5H,1-3H3,(H,11,15)(H3,10,12,13,14). The van der Waals surface area contributed by atoms with Gasteiger partial charge in [0.25, 0.3) is 0 Å². The zero-order valence-corrected chi connectivity index (χ0v) is 10.3. The fraction of sp³-hybridized carbons (Fsp3) is 0.444. The Kier molecular flexibility index (Phi) is 4.36. The SMILES string of the molecule is CNC(=O)C(C)Nc1cc(N)nc(SC)n1. The Labute approximate surface area is 98.4 Å². The molecule has 1 atom stereocenters. The zero-order chi connectivity index (χ0) is 12.1. The van der Waals surface area contributed by atoms with Crippen molar-refractivity contribution in [2.75, 3.05) is 24.4 Å². The highest BCUT2D eigenvalue weighted by Gasteiger charge is 2.11. The molecule has 6 nitrogen and oxygen atoms in total. The molecule has 88 valence electrons. The van der Waals surface area contributed by atoms with Gasteiger partial charge >= 0.3 is 0 Å². The van der Waals surface area contributed by atoms with Crippen LogP contribution in [-0.4, -0.2) is 35.2 Å². The first kappa shape index (κ1) is 12.6. The summed E-state index contributed by atoms with van der Waals surface area (Å²) in [6, 6.07) is 1.23. The van der Waals surface area contributed by atoms with E-state index in [0.29, 0.717) is 16.8 Å². The van der Waals surface area contributed by atoms with Crippen molar-refractivity contribution < 1.29 is 4.79 Å². The molecule has 4 N–H and O–H groups in total. The third-order valence-electron chi connectivity index (χ3n) is 1.91. The summed E-state index contributed by atoms with van der Waals surface area (Å²) in [5.41, 5.74) is 5.61. The van der Waals surface area contributed by atoms with Crippen molar-refractivity contribution in [3.63, 3.8) is 0 Å². The maximum atomic E-state index is 11.3. The van der Waals surface area contributed by atoms with Crippen LogP contribution in [0.15, 0.2) is 11.2 Å². The highest BCUT2D eigenvalue weighted by atomic mass is 32.2. The first-order chi connectivity index (χ1) is 7.56. The maximum absolute atomic E-state index is 11.3. The van der Waals surface area contributed by atoms with Crippen molar-refractivity contribution in [1.29, 1.82) is 0 Å². The molecule has 1 aromatic heterocycles. The van der Waals surface area contributed by atoms with Gasteiger partial charge in [-0.15, -0.1) is 0 Å². The van der Waals surface area contributed by atoms with E-state index in [1.807, 2.05) is 6.26 Å². The van der Waals surface area contributed by atoms with Crippen molar-refractivity contribution in [2.45, 2.75) is 18.1 Å². The third kappa shape index (κ3) is 3.27. The Bertz CT molecular complexity index is 384. The number of nitrogens with two attached hydrogens (primary N) is 1. The summed E-state index contributed by atoms with van der Waals surface area (Å²) >= 11 is 1.40. The quantitative estimate of drug-likeness (QED) is 0.519. The number of carbonyl (C=O) groups is 1. The van der Waals surface area contributed by atoms with Crippen molar-refractivity contribution in [3.8, 4) is 0 Å². The fourth-order valence-electron chi connectivity index (χ4n) is 1.11. The molecule has 0 saturated heterocycles. The Morgan fingerprint density at radius 2 is 2.25 bits per heavy atom. The molecule has 1 rings (SSSR count). The molecule has 0 aromatic carbocycles. The lowest BCUT2D eigenvalue weighted by molar-refractivity contribution is -0.121. The number of nitrogens with zero attached hydrogens (tertiary/aromatic N) is 2. The van der Waals surface area contributed by atoms with Gasteiger partial charge in [-0.2, -0.15) is 0 Å². The summed E-state index contributed by atoms with van der Waals surface area (Å²) in [5.74, 6) is 0.821. The molecule has 7 heteroatoms. The van der Waals surface area contributed by atoms with Gasteiger partial charge < -0.3 is 16.4 Å². The van der Waals surface area contributed by atoms with E-state index in [9.17, 15) is 4.79 Å². The van der Waals surface area contributed by atoms with Gasteiger partial charge in [0.2, 0.25) is 5.91 Å². The van der Waals surface area contributed by atoms with Crippen molar-refractivity contribution in [2.24, 2.45) is 0 Å². The highest BCUT2D eigenvalue weighted by Crippen LogP contribution is 2.15. The second-order valence-electron chi connectivity index (χ2n) is 3.15. The summed E-state index contributed by atoms with van der Waals surface area (Å²) in [6.45, 7) is 1.75. The number of amides is 1. The Morgan fingerprint density at radius 3 is 2.81 bits per heavy atom. The van der Waals surface area contributed by atoms with Crippen molar-refractivity contribution in [1.82, 2.24) is 15.3 Å². The van der Waals surface area contributed by atoms with Crippen molar-refractivity contribution in [3.05, 3.63) is 6.07 Å². The van der Waals surface area contributed by atoms with E-state index in [4.69, 9.17) is 5.73 Å². The molecule has 0 bridgehead atoms. The normalized spacial score (nSPS) is 11.9. The van der Waals surface area contributed by atoms with Gasteiger partial charge in [-0.05, 0) is 13.2 Å². The second kappa shape index (κ2) is 5.55. The number of anilines is 2. The third-order valence-corrected chi connectivity index (χ3v) is 2.46. The average Bonchev–Trinajstić information content (AvgIpc) is 2.26. The average molecular weight is 241 g/mol. The van der Waals surface area contributed by atoms with Crippen LogP contribution in [0.1, 0.15) is 6.92 Å². The topological polar surface area (TPSA) is 92.9 Å². The molecule has 16 heavy (non-hydrogen) atoms. The first-order valence-corrected chi connectivity index (χ1v) is 5.96. The van der Waals surface area contributed by atoms with Crippen LogP contribution < -0.4 is 16.4 Å². The van der Waals surface area contributed by atoms with E-state index in [1.165, 1.54) is 11.8 Å². The van der Waals surface area contributed by atoms with E-state index in [-0.39, 0.29) is 11.9 Å². The van der Waals surface area contributed by atoms with Crippen LogP contribution in [0.2, 0.25) is 0 Å². The maximum Gasteiger partial charge on any atom is 0.241 e. The van der Waals surface area contributed by atoms with Crippen LogP contribution in [0, 0.1) is 0 Å². The smallest absolute Gasteiger partial charge is 0.241 e. The van der Waals surface area contributed by atoms with E-state index >= 15 is 0 Å². The Balaban J connectivity index is 2.80. The minimum atomic E-state index is -0.367. The molecule has 0 fully saturated rings. The zero-order valence-electron chi connectivity index (χ0n) is 9.44. The molecule has 1 heterocycles. The fourth-order valence-corrected chi connectivity index (χ4v) is 1.50. The number of hydrogen-bond acceptors (Lipinski definition) is 6. The number of nitrogen functional groups attached to an aromatic ring is 1. The van der Waals surface area contributed by atoms with Gasteiger partial charge in [0.05, 0.1) is 0 Å². The number of rotatable bonds is 4. The van der Waals surface area contributed by atoms with E-state index in [0.717, 1.165) is 0 Å². The lowest BCUT2D eigenvalue weighted by Crippen LogP contribution is -2.35. The highest BCUT2D eigenvalue weighted by molar-refractivity contribution is 7.98. The van der Waals surface area contributed by atoms with Gasteiger partial charge in [0.1, 0.15) is 17.7 Å². The van der Waals surface area contributed by atoms with Gasteiger partial charge in [-0.3, -0.25) is 4.79 Å².